The molecule has 1 rings (SSSR count). The van der Waals surface area contributed by atoms with Crippen molar-refractivity contribution in [2.45, 2.75) is 13.8 Å². The first-order valence-electron chi connectivity index (χ1n) is 5.65. The van der Waals surface area contributed by atoms with E-state index in [0.717, 1.165) is 0 Å². The van der Waals surface area contributed by atoms with Crippen molar-refractivity contribution in [3.63, 3.8) is 0 Å². The van der Waals surface area contributed by atoms with Crippen LogP contribution in [0.5, 0.6) is 0 Å². The number of esters is 1. The van der Waals surface area contributed by atoms with Gasteiger partial charge in [-0.25, -0.2) is 4.79 Å². The predicted octanol–water partition coefficient (Wildman–Crippen LogP) is 1.76. The highest BCUT2D eigenvalue weighted by Crippen LogP contribution is 2.19. The number of benzene rings is 1. The minimum atomic E-state index is -0.391. The van der Waals surface area contributed by atoms with Crippen LogP contribution in [-0.2, 0) is 14.3 Å². The number of amides is 1. The molecule has 0 heterocycles. The number of methoxy groups -OCH3 is 1. The van der Waals surface area contributed by atoms with Crippen molar-refractivity contribution < 1.29 is 19.1 Å². The van der Waals surface area contributed by atoms with E-state index in [4.69, 9.17) is 9.47 Å². The van der Waals surface area contributed by atoms with Crippen molar-refractivity contribution in [2.75, 3.05) is 25.6 Å². The number of ether oxygens (including phenoxy) is 2. The second-order valence-electron chi connectivity index (χ2n) is 3.68. The highest BCUT2D eigenvalue weighted by molar-refractivity contribution is 5.97. The Morgan fingerprint density at radius 2 is 2.06 bits per heavy atom. The average molecular weight is 251 g/mol. The van der Waals surface area contributed by atoms with Gasteiger partial charge in [-0.2, -0.15) is 0 Å². The number of anilines is 1. The molecule has 0 radical (unpaired) electrons. The van der Waals surface area contributed by atoms with E-state index in [0.29, 0.717) is 23.4 Å². The van der Waals surface area contributed by atoms with E-state index in [2.05, 4.69) is 5.32 Å². The van der Waals surface area contributed by atoms with Crippen molar-refractivity contribution in [1.29, 1.82) is 0 Å². The summed E-state index contributed by atoms with van der Waals surface area (Å²) in [4.78, 5) is 23.1. The highest BCUT2D eigenvalue weighted by atomic mass is 16.5. The van der Waals surface area contributed by atoms with Crippen LogP contribution in [0.15, 0.2) is 18.2 Å². The van der Waals surface area contributed by atoms with E-state index in [1.54, 1.807) is 32.0 Å². The van der Waals surface area contributed by atoms with Crippen LogP contribution in [0.4, 0.5) is 5.69 Å². The Kier molecular flexibility index (Phi) is 5.32. The molecule has 5 heteroatoms. The van der Waals surface area contributed by atoms with Gasteiger partial charge in [0.25, 0.3) is 0 Å². The van der Waals surface area contributed by atoms with Crippen LogP contribution in [0.2, 0.25) is 0 Å². The normalized spacial score (nSPS) is 9.94. The molecular weight excluding hydrogens is 234 g/mol. The monoisotopic (exact) mass is 251 g/mol. The molecule has 1 aromatic rings. The molecule has 1 aromatic carbocycles. The number of rotatable bonds is 5. The lowest BCUT2D eigenvalue weighted by Gasteiger charge is -2.11. The van der Waals surface area contributed by atoms with E-state index < -0.39 is 5.97 Å². The van der Waals surface area contributed by atoms with Gasteiger partial charge in [0.05, 0.1) is 12.2 Å². The maximum atomic E-state index is 11.7. The number of hydrogen-bond acceptors (Lipinski definition) is 4. The molecule has 0 unspecified atom stereocenters. The summed E-state index contributed by atoms with van der Waals surface area (Å²) in [6, 6.07) is 5.09. The molecule has 0 atom stereocenters. The smallest absolute Gasteiger partial charge is 0.338 e. The number of carbonyl (C=O) groups is 2. The van der Waals surface area contributed by atoms with Crippen molar-refractivity contribution in [2.24, 2.45) is 0 Å². The lowest BCUT2D eigenvalue weighted by molar-refractivity contribution is -0.119. The minimum Gasteiger partial charge on any atom is -0.462 e. The summed E-state index contributed by atoms with van der Waals surface area (Å²) in [5, 5.41) is 2.68. The Morgan fingerprint density at radius 1 is 1.33 bits per heavy atom. The van der Waals surface area contributed by atoms with Crippen LogP contribution >= 0.6 is 0 Å². The van der Waals surface area contributed by atoms with Gasteiger partial charge in [0.1, 0.15) is 6.61 Å². The van der Waals surface area contributed by atoms with Crippen LogP contribution in [0.3, 0.4) is 0 Å². The molecule has 0 bridgehead atoms. The quantitative estimate of drug-likeness (QED) is 0.810. The summed E-state index contributed by atoms with van der Waals surface area (Å²) >= 11 is 0. The molecule has 0 aromatic heterocycles. The van der Waals surface area contributed by atoms with E-state index in [1.165, 1.54) is 7.11 Å². The van der Waals surface area contributed by atoms with Crippen molar-refractivity contribution in [3.8, 4) is 0 Å². The Hall–Kier alpha value is -1.88. The van der Waals surface area contributed by atoms with E-state index in [9.17, 15) is 9.59 Å². The summed E-state index contributed by atoms with van der Waals surface area (Å²) in [6.07, 6.45) is 0. The maximum absolute atomic E-state index is 11.7. The number of hydrogen-bond donors (Lipinski definition) is 1. The second kappa shape index (κ2) is 6.76. The Morgan fingerprint density at radius 3 is 2.67 bits per heavy atom. The standard InChI is InChI=1S/C13H17NO4/c1-4-18-13(16)10-6-5-7-11(9(10)2)14-12(15)8-17-3/h5-7H,4,8H2,1-3H3,(H,14,15). The molecule has 1 amide bonds. The average Bonchev–Trinajstić information content (AvgIpc) is 2.32. The fourth-order valence-electron chi connectivity index (χ4n) is 1.52. The third-order valence-corrected chi connectivity index (χ3v) is 2.38. The van der Waals surface area contributed by atoms with Crippen LogP contribution in [0.1, 0.15) is 22.8 Å². The SMILES string of the molecule is CCOC(=O)c1cccc(NC(=O)COC)c1C. The van der Waals surface area contributed by atoms with Crippen LogP contribution in [0.25, 0.3) is 0 Å². The molecule has 1 N–H and O–H groups in total. The zero-order valence-electron chi connectivity index (χ0n) is 10.8. The fourth-order valence-corrected chi connectivity index (χ4v) is 1.52. The van der Waals surface area contributed by atoms with E-state index >= 15 is 0 Å². The van der Waals surface area contributed by atoms with Crippen molar-refractivity contribution in [1.82, 2.24) is 0 Å². The van der Waals surface area contributed by atoms with Gasteiger partial charge in [-0.1, -0.05) is 6.07 Å². The van der Waals surface area contributed by atoms with Gasteiger partial charge in [-0.05, 0) is 31.5 Å². The fraction of sp³-hybridized carbons (Fsp3) is 0.385. The van der Waals surface area contributed by atoms with Crippen LogP contribution in [0, 0.1) is 6.92 Å². The second-order valence-corrected chi connectivity index (χ2v) is 3.68. The lowest BCUT2D eigenvalue weighted by Crippen LogP contribution is -2.18. The summed E-state index contributed by atoms with van der Waals surface area (Å²) < 4.78 is 9.67. The number of carbonyl (C=O) groups excluding carboxylic acids is 2. The van der Waals surface area contributed by atoms with Crippen molar-refractivity contribution >= 4 is 17.6 Å². The zero-order chi connectivity index (χ0) is 13.5. The molecule has 0 aliphatic carbocycles. The zero-order valence-corrected chi connectivity index (χ0v) is 10.8. The predicted molar refractivity (Wildman–Crippen MR) is 67.6 cm³/mol. The van der Waals surface area contributed by atoms with Gasteiger partial charge in [0, 0.05) is 12.8 Å². The Labute approximate surface area is 106 Å². The van der Waals surface area contributed by atoms with Gasteiger partial charge in [0.15, 0.2) is 0 Å². The largest absolute Gasteiger partial charge is 0.462 e. The lowest BCUT2D eigenvalue weighted by atomic mass is 10.1. The Balaban J connectivity index is 2.91. The van der Waals surface area contributed by atoms with Crippen LogP contribution < -0.4 is 5.32 Å². The molecule has 0 aliphatic heterocycles. The van der Waals surface area contributed by atoms with Gasteiger partial charge >= 0.3 is 5.97 Å². The van der Waals surface area contributed by atoms with Gasteiger partial charge < -0.3 is 14.8 Å². The molecule has 5 nitrogen and oxygen atoms in total. The molecule has 0 spiro atoms. The molecular formula is C13H17NO4. The topological polar surface area (TPSA) is 64.6 Å². The molecule has 0 fully saturated rings. The van der Waals surface area contributed by atoms with E-state index in [-0.39, 0.29) is 12.5 Å². The molecule has 0 saturated carbocycles. The summed E-state index contributed by atoms with van der Waals surface area (Å²) in [7, 11) is 1.45. The minimum absolute atomic E-state index is 0.0247. The first-order chi connectivity index (χ1) is 8.60. The highest BCUT2D eigenvalue weighted by Gasteiger charge is 2.13. The Bertz CT molecular complexity index is 443. The van der Waals surface area contributed by atoms with Crippen LogP contribution in [-0.4, -0.2) is 32.2 Å². The molecule has 18 heavy (non-hydrogen) atoms. The van der Waals surface area contributed by atoms with Gasteiger partial charge in [0.2, 0.25) is 5.91 Å². The van der Waals surface area contributed by atoms with Gasteiger partial charge in [-0.15, -0.1) is 0 Å². The molecule has 0 aliphatic rings. The third kappa shape index (κ3) is 3.56. The summed E-state index contributed by atoms with van der Waals surface area (Å²) in [6.45, 7) is 3.80. The molecule has 0 saturated heterocycles. The number of nitrogens with one attached hydrogen (secondary N) is 1. The third-order valence-electron chi connectivity index (χ3n) is 2.38. The van der Waals surface area contributed by atoms with Crippen molar-refractivity contribution in [3.05, 3.63) is 29.3 Å². The van der Waals surface area contributed by atoms with Gasteiger partial charge in [-0.3, -0.25) is 4.79 Å². The first kappa shape index (κ1) is 14.2. The first-order valence-corrected chi connectivity index (χ1v) is 5.65. The molecule has 98 valence electrons. The van der Waals surface area contributed by atoms with E-state index in [1.807, 2.05) is 0 Å². The maximum Gasteiger partial charge on any atom is 0.338 e. The summed E-state index contributed by atoms with van der Waals surface area (Å²) in [5.74, 6) is -0.653. The summed E-state index contributed by atoms with van der Waals surface area (Å²) in [5.41, 5.74) is 1.72.